The minimum Gasteiger partial charge on any atom is -0.326 e. The third-order valence-electron chi connectivity index (χ3n) is 7.28. The van der Waals surface area contributed by atoms with Gasteiger partial charge in [0.15, 0.2) is 0 Å². The first-order valence-electron chi connectivity index (χ1n) is 13.8. The van der Waals surface area contributed by atoms with E-state index in [4.69, 9.17) is 28.2 Å². The molecule has 1 N–H and O–H groups in total. The molecule has 46 heavy (non-hydrogen) atoms. The van der Waals surface area contributed by atoms with Crippen LogP contribution in [0.2, 0.25) is 10.0 Å². The van der Waals surface area contributed by atoms with Gasteiger partial charge < -0.3 is 4.57 Å². The fourth-order valence-electron chi connectivity index (χ4n) is 4.96. The van der Waals surface area contributed by atoms with Gasteiger partial charge in [-0.25, -0.2) is 14.0 Å². The Kier molecular flexibility index (Phi) is 8.41. The van der Waals surface area contributed by atoms with Crippen LogP contribution in [0.25, 0.3) is 34.5 Å². The van der Waals surface area contributed by atoms with E-state index in [0.717, 1.165) is 33.1 Å². The number of anilines is 1. The van der Waals surface area contributed by atoms with Crippen molar-refractivity contribution in [3.63, 3.8) is 0 Å². The van der Waals surface area contributed by atoms with Crippen LogP contribution in [0.3, 0.4) is 0 Å². The van der Waals surface area contributed by atoms with Gasteiger partial charge in [-0.2, -0.15) is 21.6 Å². The maximum atomic E-state index is 13.2. The van der Waals surface area contributed by atoms with E-state index in [0.29, 0.717) is 44.9 Å². The van der Waals surface area contributed by atoms with Crippen LogP contribution in [0.15, 0.2) is 97.2 Å². The lowest BCUT2D eigenvalue weighted by atomic mass is 10.0. The molecule has 1 aromatic heterocycles. The van der Waals surface area contributed by atoms with Gasteiger partial charge in [-0.1, -0.05) is 83.9 Å². The molecule has 0 bridgehead atoms. The molecule has 4 aromatic carbocycles. The normalized spacial score (nSPS) is 14.6. The van der Waals surface area contributed by atoms with E-state index in [2.05, 4.69) is 0 Å². The van der Waals surface area contributed by atoms with Crippen LogP contribution in [0.5, 0.6) is 0 Å². The van der Waals surface area contributed by atoms with Gasteiger partial charge in [-0.15, -0.1) is 0 Å². The van der Waals surface area contributed by atoms with E-state index >= 15 is 0 Å². The second kappa shape index (κ2) is 12.3. The number of hydrogen-bond acceptors (Lipinski definition) is 4. The summed E-state index contributed by atoms with van der Waals surface area (Å²) in [7, 11) is -3.92. The molecule has 6 rings (SSSR count). The Labute approximate surface area is 272 Å². The van der Waals surface area contributed by atoms with Crippen LogP contribution in [0.1, 0.15) is 22.5 Å². The molecule has 0 saturated carbocycles. The Morgan fingerprint density at radius 2 is 1.57 bits per heavy atom. The van der Waals surface area contributed by atoms with Crippen molar-refractivity contribution in [1.29, 1.82) is 0 Å². The van der Waals surface area contributed by atoms with Crippen molar-refractivity contribution >= 4 is 57.2 Å². The number of nitrogens with one attached hydrogen (secondary N) is 1. The Morgan fingerprint density at radius 1 is 0.848 bits per heavy atom. The number of carbonyl (C=O) groups is 1. The molecule has 5 aromatic rings. The van der Waals surface area contributed by atoms with Gasteiger partial charge in [-0.3, -0.25) is 4.79 Å². The predicted molar refractivity (Wildman–Crippen MR) is 173 cm³/mol. The van der Waals surface area contributed by atoms with Crippen LogP contribution in [-0.4, -0.2) is 30.4 Å². The lowest BCUT2D eigenvalue weighted by Gasteiger charge is -2.15. The van der Waals surface area contributed by atoms with E-state index in [-0.39, 0.29) is 6.54 Å². The van der Waals surface area contributed by atoms with Crippen LogP contribution in [0.4, 0.5) is 18.9 Å². The predicted octanol–water partition coefficient (Wildman–Crippen LogP) is 7.94. The molecular formula is C33H23Cl2F3N4O3S. The fraction of sp³-hybridized carbons (Fsp3) is 0.0909. The summed E-state index contributed by atoms with van der Waals surface area (Å²) in [5.74, 6) is 0.00284. The lowest BCUT2D eigenvalue weighted by molar-refractivity contribution is -0.137. The first-order chi connectivity index (χ1) is 21.9. The molecule has 13 heteroatoms. The highest BCUT2D eigenvalue weighted by atomic mass is 35.5. The van der Waals surface area contributed by atoms with Crippen molar-refractivity contribution < 1.29 is 26.4 Å². The third kappa shape index (κ3) is 6.81. The molecule has 234 valence electrons. The Morgan fingerprint density at radius 3 is 2.22 bits per heavy atom. The Hall–Kier alpha value is -4.58. The first kappa shape index (κ1) is 31.4. The van der Waals surface area contributed by atoms with E-state index in [1.807, 2.05) is 45.8 Å². The number of alkyl halides is 3. The van der Waals surface area contributed by atoms with Crippen molar-refractivity contribution in [3.05, 3.63) is 130 Å². The number of benzene rings is 4. The second-order valence-corrected chi connectivity index (χ2v) is 12.9. The highest BCUT2D eigenvalue weighted by Crippen LogP contribution is 2.33. The van der Waals surface area contributed by atoms with Gasteiger partial charge in [0.2, 0.25) is 0 Å². The molecule has 0 atom stereocenters. The molecule has 0 aliphatic carbocycles. The maximum absolute atomic E-state index is 13.2. The van der Waals surface area contributed by atoms with Crippen molar-refractivity contribution in [2.24, 2.45) is 0 Å². The topological polar surface area (TPSA) is 84.3 Å². The number of hydrogen-bond donors (Lipinski definition) is 1. The highest BCUT2D eigenvalue weighted by molar-refractivity contribution is 7.92. The van der Waals surface area contributed by atoms with Gasteiger partial charge in [0.05, 0.1) is 27.0 Å². The number of nitrogens with zero attached hydrogens (tertiary/aromatic N) is 3. The zero-order valence-electron chi connectivity index (χ0n) is 23.7. The molecule has 1 saturated heterocycles. The van der Waals surface area contributed by atoms with E-state index in [1.54, 1.807) is 54.6 Å². The number of amides is 1. The standard InChI is InChI=1S/C33H23Cl2F3N4O3S/c34-28-14-11-25(17-29(28)35)30-19-41(18-22-6-12-27(13-7-22)42-20-32(43)40-46(42,44)45)31(39-30)15-8-21-4-9-23(10-5-21)24-2-1-3-26(16-24)33(36,37)38/h1-17,19H,18,20H2,(H,40,43). The molecule has 0 radical (unpaired) electrons. The molecule has 1 aliphatic heterocycles. The summed E-state index contributed by atoms with van der Waals surface area (Å²) in [6, 6.07) is 24.3. The molecule has 7 nitrogen and oxygen atoms in total. The quantitative estimate of drug-likeness (QED) is 0.189. The lowest BCUT2D eigenvalue weighted by Crippen LogP contribution is -2.29. The van der Waals surface area contributed by atoms with Crippen molar-refractivity contribution in [3.8, 4) is 22.4 Å². The molecule has 0 spiro atoms. The maximum Gasteiger partial charge on any atom is 0.416 e. The number of rotatable bonds is 7. The highest BCUT2D eigenvalue weighted by Gasteiger charge is 2.34. The average Bonchev–Trinajstić information content (AvgIpc) is 3.55. The van der Waals surface area contributed by atoms with Crippen molar-refractivity contribution in [2.75, 3.05) is 10.8 Å². The SMILES string of the molecule is O=C1CN(c2ccc(Cn3cc(-c4ccc(Cl)c(Cl)c4)nc3C=Cc3ccc(-c4cccc(C(F)(F)F)c4)cc3)cc2)S(=O)(=O)N1. The Bertz CT molecular complexity index is 2080. The van der Waals surface area contributed by atoms with Crippen LogP contribution in [0, 0.1) is 0 Å². The molecule has 1 fully saturated rings. The summed E-state index contributed by atoms with van der Waals surface area (Å²) in [5, 5.41) is 0.794. The molecule has 2 heterocycles. The molecule has 1 aliphatic rings. The zero-order chi connectivity index (χ0) is 32.6. The van der Waals surface area contributed by atoms with E-state index in [1.165, 1.54) is 6.07 Å². The minimum absolute atomic E-state index is 0.286. The third-order valence-corrected chi connectivity index (χ3v) is 9.42. The summed E-state index contributed by atoms with van der Waals surface area (Å²) < 4.78 is 68.9. The summed E-state index contributed by atoms with van der Waals surface area (Å²) in [6.45, 7) is 0.0960. The van der Waals surface area contributed by atoms with E-state index < -0.39 is 27.9 Å². The average molecular weight is 684 g/mol. The summed E-state index contributed by atoms with van der Waals surface area (Å²) in [4.78, 5) is 16.4. The Balaban J connectivity index is 1.28. The van der Waals surface area contributed by atoms with Gasteiger partial charge in [0, 0.05) is 18.3 Å². The van der Waals surface area contributed by atoms with Crippen molar-refractivity contribution in [1.82, 2.24) is 14.3 Å². The number of imidazole rings is 1. The number of halogens is 5. The molecular weight excluding hydrogens is 660 g/mol. The summed E-state index contributed by atoms with van der Waals surface area (Å²) in [6.07, 6.45) is 1.10. The van der Waals surface area contributed by atoms with Gasteiger partial charge in [-0.05, 0) is 64.7 Å². The molecule has 0 unspecified atom stereocenters. The second-order valence-electron chi connectivity index (χ2n) is 10.5. The van der Waals surface area contributed by atoms with Gasteiger partial charge in [0.25, 0.3) is 5.91 Å². The monoisotopic (exact) mass is 682 g/mol. The smallest absolute Gasteiger partial charge is 0.326 e. The van der Waals surface area contributed by atoms with Gasteiger partial charge in [0.1, 0.15) is 12.4 Å². The minimum atomic E-state index is -4.43. The van der Waals surface area contributed by atoms with Crippen LogP contribution < -0.4 is 9.03 Å². The zero-order valence-corrected chi connectivity index (χ0v) is 26.0. The number of aromatic nitrogens is 2. The summed E-state index contributed by atoms with van der Waals surface area (Å²) in [5.41, 5.74) is 3.81. The van der Waals surface area contributed by atoms with Crippen LogP contribution in [-0.2, 0) is 27.7 Å². The number of carbonyl (C=O) groups excluding carboxylic acids is 1. The van der Waals surface area contributed by atoms with Crippen molar-refractivity contribution in [2.45, 2.75) is 12.7 Å². The first-order valence-corrected chi connectivity index (χ1v) is 16.0. The van der Waals surface area contributed by atoms with E-state index in [9.17, 15) is 26.4 Å². The largest absolute Gasteiger partial charge is 0.416 e. The fourth-order valence-corrected chi connectivity index (χ4v) is 6.40. The molecule has 1 amide bonds. The summed E-state index contributed by atoms with van der Waals surface area (Å²) >= 11 is 12.4. The van der Waals surface area contributed by atoms with Gasteiger partial charge >= 0.3 is 16.4 Å². The van der Waals surface area contributed by atoms with Crippen LogP contribution >= 0.6 is 23.2 Å².